The topological polar surface area (TPSA) is 71.1 Å². The molecule has 136 valence electrons. The molecular formula is C19H17FO6. The maximum Gasteiger partial charge on any atom is 0.344 e. The smallest absolute Gasteiger partial charge is 0.344 e. The van der Waals surface area contributed by atoms with Gasteiger partial charge >= 0.3 is 5.97 Å². The van der Waals surface area contributed by atoms with Crippen molar-refractivity contribution in [1.29, 1.82) is 0 Å². The van der Waals surface area contributed by atoms with Crippen molar-refractivity contribution in [2.75, 3.05) is 26.4 Å². The number of ketones is 1. The van der Waals surface area contributed by atoms with Gasteiger partial charge in [-0.05, 0) is 30.3 Å². The third-order valence-electron chi connectivity index (χ3n) is 3.62. The molecule has 0 fully saturated rings. The van der Waals surface area contributed by atoms with Crippen LogP contribution in [0.5, 0.6) is 17.2 Å². The Kier molecular flexibility index (Phi) is 5.68. The number of rotatable bonds is 6. The minimum absolute atomic E-state index is 0.0568. The van der Waals surface area contributed by atoms with Crippen molar-refractivity contribution in [2.24, 2.45) is 0 Å². The number of carbonyl (C=O) groups excluding carboxylic acids is 2. The Labute approximate surface area is 149 Å². The zero-order valence-corrected chi connectivity index (χ0v) is 13.9. The van der Waals surface area contributed by atoms with Crippen LogP contribution in [0.15, 0.2) is 42.5 Å². The highest BCUT2D eigenvalue weighted by Gasteiger charge is 2.16. The molecule has 6 nitrogen and oxygen atoms in total. The van der Waals surface area contributed by atoms with E-state index in [4.69, 9.17) is 18.9 Å². The zero-order valence-electron chi connectivity index (χ0n) is 13.9. The quantitative estimate of drug-likeness (QED) is 0.583. The van der Waals surface area contributed by atoms with Crippen molar-refractivity contribution in [3.63, 3.8) is 0 Å². The second-order valence-electron chi connectivity index (χ2n) is 5.51. The summed E-state index contributed by atoms with van der Waals surface area (Å²) in [6.45, 7) is 0.126. The summed E-state index contributed by atoms with van der Waals surface area (Å²) in [4.78, 5) is 23.8. The van der Waals surface area contributed by atoms with Crippen LogP contribution < -0.4 is 14.2 Å². The van der Waals surface area contributed by atoms with Crippen LogP contribution in [0.1, 0.15) is 16.8 Å². The maximum absolute atomic E-state index is 13.4. The Morgan fingerprint density at radius 2 is 1.77 bits per heavy atom. The van der Waals surface area contributed by atoms with E-state index in [1.165, 1.54) is 18.2 Å². The molecule has 0 saturated heterocycles. The van der Waals surface area contributed by atoms with E-state index >= 15 is 0 Å². The molecule has 1 heterocycles. The molecule has 7 heteroatoms. The Balaban J connectivity index is 1.51. The highest BCUT2D eigenvalue weighted by Crippen LogP contribution is 2.30. The third kappa shape index (κ3) is 4.50. The van der Waals surface area contributed by atoms with Gasteiger partial charge in [0, 0.05) is 12.0 Å². The van der Waals surface area contributed by atoms with Crippen LogP contribution in [0.4, 0.5) is 4.39 Å². The van der Waals surface area contributed by atoms with Crippen LogP contribution in [-0.2, 0) is 9.53 Å². The number of benzene rings is 2. The second-order valence-corrected chi connectivity index (χ2v) is 5.51. The fourth-order valence-electron chi connectivity index (χ4n) is 2.31. The van der Waals surface area contributed by atoms with Crippen LogP contribution >= 0.6 is 0 Å². The fourth-order valence-corrected chi connectivity index (χ4v) is 2.31. The molecule has 1 aliphatic heterocycles. The Morgan fingerprint density at radius 1 is 1.00 bits per heavy atom. The first kappa shape index (κ1) is 17.7. The molecular weight excluding hydrogens is 343 g/mol. The summed E-state index contributed by atoms with van der Waals surface area (Å²) in [5.74, 6) is -0.727. The number of fused-ring (bicyclic) bond motifs is 1. The Bertz CT molecular complexity index is 804. The molecule has 0 bridgehead atoms. The molecule has 0 N–H and O–H groups in total. The lowest BCUT2D eigenvalue weighted by Gasteiger charge is -2.10. The van der Waals surface area contributed by atoms with Gasteiger partial charge in [-0.1, -0.05) is 12.1 Å². The maximum atomic E-state index is 13.4. The number of para-hydroxylation sites is 1. The monoisotopic (exact) mass is 360 g/mol. The normalized spacial score (nSPS) is 12.8. The molecule has 0 saturated carbocycles. The van der Waals surface area contributed by atoms with Gasteiger partial charge in [-0.2, -0.15) is 0 Å². The van der Waals surface area contributed by atoms with E-state index in [1.807, 2.05) is 0 Å². The SMILES string of the molecule is O=C(COc1ccccc1F)OCC(=O)c1ccc2c(c1)OCCCO2. The molecule has 0 amide bonds. The van der Waals surface area contributed by atoms with Gasteiger partial charge in [0.05, 0.1) is 13.2 Å². The minimum atomic E-state index is -0.768. The first-order chi connectivity index (χ1) is 12.6. The van der Waals surface area contributed by atoms with Crippen LogP contribution in [-0.4, -0.2) is 38.2 Å². The molecule has 0 atom stereocenters. The summed E-state index contributed by atoms with van der Waals surface area (Å²) in [6, 6.07) is 10.5. The van der Waals surface area contributed by atoms with E-state index in [-0.39, 0.29) is 11.5 Å². The molecule has 26 heavy (non-hydrogen) atoms. The van der Waals surface area contributed by atoms with Gasteiger partial charge in [0.1, 0.15) is 0 Å². The van der Waals surface area contributed by atoms with Crippen molar-refractivity contribution >= 4 is 11.8 Å². The second kappa shape index (κ2) is 8.33. The van der Waals surface area contributed by atoms with E-state index in [9.17, 15) is 14.0 Å². The highest BCUT2D eigenvalue weighted by molar-refractivity contribution is 5.98. The molecule has 0 aliphatic carbocycles. The molecule has 2 aromatic rings. The van der Waals surface area contributed by atoms with Crippen molar-refractivity contribution in [2.45, 2.75) is 6.42 Å². The van der Waals surface area contributed by atoms with Gasteiger partial charge in [-0.15, -0.1) is 0 Å². The molecule has 3 rings (SSSR count). The van der Waals surface area contributed by atoms with Crippen LogP contribution in [0, 0.1) is 5.82 Å². The minimum Gasteiger partial charge on any atom is -0.490 e. The fraction of sp³-hybridized carbons (Fsp3) is 0.263. The summed E-state index contributed by atoms with van der Waals surface area (Å²) in [5, 5.41) is 0. The first-order valence-corrected chi connectivity index (χ1v) is 8.09. The van der Waals surface area contributed by atoms with E-state index in [2.05, 4.69) is 0 Å². The van der Waals surface area contributed by atoms with Crippen LogP contribution in [0.3, 0.4) is 0 Å². The summed E-state index contributed by atoms with van der Waals surface area (Å²) in [5.41, 5.74) is 0.345. The molecule has 1 aliphatic rings. The van der Waals surface area contributed by atoms with Gasteiger partial charge in [-0.3, -0.25) is 4.79 Å². The molecule has 0 aromatic heterocycles. The third-order valence-corrected chi connectivity index (χ3v) is 3.62. The number of ether oxygens (including phenoxy) is 4. The van der Waals surface area contributed by atoms with Crippen LogP contribution in [0.2, 0.25) is 0 Å². The molecule has 0 unspecified atom stereocenters. The molecule has 0 spiro atoms. The standard InChI is InChI=1S/C19H17FO6/c20-14-4-1-2-5-16(14)25-12-19(22)26-11-15(21)13-6-7-17-18(10-13)24-9-3-8-23-17/h1-2,4-7,10H,3,8-9,11-12H2. The number of hydrogen-bond acceptors (Lipinski definition) is 6. The lowest BCUT2D eigenvalue weighted by molar-refractivity contribution is -0.144. The lowest BCUT2D eigenvalue weighted by Crippen LogP contribution is -2.19. The number of Topliss-reactive ketones (excluding diaryl/α,β-unsaturated/α-hetero) is 1. The van der Waals surface area contributed by atoms with Gasteiger partial charge in [-0.25, -0.2) is 9.18 Å². The average molecular weight is 360 g/mol. The predicted octanol–water partition coefficient (Wildman–Crippen LogP) is 2.79. The predicted molar refractivity (Wildman–Crippen MR) is 89.2 cm³/mol. The summed E-state index contributed by atoms with van der Waals surface area (Å²) < 4.78 is 34.3. The van der Waals surface area contributed by atoms with E-state index < -0.39 is 25.0 Å². The number of halogens is 1. The highest BCUT2D eigenvalue weighted by atomic mass is 19.1. The van der Waals surface area contributed by atoms with Gasteiger partial charge in [0.25, 0.3) is 0 Å². The summed E-state index contributed by atoms with van der Waals surface area (Å²) >= 11 is 0. The van der Waals surface area contributed by atoms with Gasteiger partial charge in [0.2, 0.25) is 0 Å². The van der Waals surface area contributed by atoms with Crippen molar-refractivity contribution in [3.8, 4) is 17.2 Å². The molecule has 2 aromatic carbocycles. The van der Waals surface area contributed by atoms with E-state index in [0.29, 0.717) is 30.3 Å². The molecule has 0 radical (unpaired) electrons. The Morgan fingerprint density at radius 3 is 2.58 bits per heavy atom. The largest absolute Gasteiger partial charge is 0.490 e. The lowest BCUT2D eigenvalue weighted by atomic mass is 10.1. The van der Waals surface area contributed by atoms with E-state index in [0.717, 1.165) is 6.42 Å². The van der Waals surface area contributed by atoms with Crippen molar-refractivity contribution < 1.29 is 32.9 Å². The summed E-state index contributed by atoms with van der Waals surface area (Å²) in [7, 11) is 0. The number of carbonyl (C=O) groups is 2. The Hall–Kier alpha value is -3.09. The van der Waals surface area contributed by atoms with Gasteiger partial charge < -0.3 is 18.9 Å². The number of esters is 1. The van der Waals surface area contributed by atoms with Gasteiger partial charge in [0.15, 0.2) is 42.1 Å². The van der Waals surface area contributed by atoms with Crippen molar-refractivity contribution in [3.05, 3.63) is 53.8 Å². The zero-order chi connectivity index (χ0) is 18.4. The average Bonchev–Trinajstić information content (AvgIpc) is 2.90. The van der Waals surface area contributed by atoms with Crippen LogP contribution in [0.25, 0.3) is 0 Å². The number of hydrogen-bond donors (Lipinski definition) is 0. The summed E-state index contributed by atoms with van der Waals surface area (Å²) in [6.07, 6.45) is 0.761. The first-order valence-electron chi connectivity index (χ1n) is 8.09. The van der Waals surface area contributed by atoms with Crippen molar-refractivity contribution in [1.82, 2.24) is 0 Å². The van der Waals surface area contributed by atoms with E-state index in [1.54, 1.807) is 24.3 Å².